The third-order valence-corrected chi connectivity index (χ3v) is 2.51. The topological polar surface area (TPSA) is 12.5 Å². The van der Waals surface area contributed by atoms with E-state index in [4.69, 9.17) is 16.3 Å². The molecule has 2 rings (SSSR count). The highest BCUT2D eigenvalue weighted by Crippen LogP contribution is 2.27. The Balaban J connectivity index is 2.02. The molecule has 1 heterocycles. The van der Waals surface area contributed by atoms with Crippen LogP contribution in [0.3, 0.4) is 0 Å². The summed E-state index contributed by atoms with van der Waals surface area (Å²) in [4.78, 5) is 2.14. The average molecular weight is 216 g/mol. The first-order valence-corrected chi connectivity index (χ1v) is 4.83. The molecule has 0 bridgehead atoms. The predicted molar refractivity (Wildman–Crippen MR) is 53.3 cm³/mol. The van der Waals surface area contributed by atoms with Gasteiger partial charge in [-0.3, -0.25) is 4.90 Å². The summed E-state index contributed by atoms with van der Waals surface area (Å²) in [7, 11) is 2.02. The van der Waals surface area contributed by atoms with Gasteiger partial charge >= 0.3 is 0 Å². The molecule has 2 nitrogen and oxygen atoms in total. The highest BCUT2D eigenvalue weighted by Gasteiger charge is 2.25. The number of ether oxygens (including phenoxy) is 1. The molecule has 0 aromatic heterocycles. The normalized spacial score (nSPS) is 17.9. The van der Waals surface area contributed by atoms with Gasteiger partial charge in [0.05, 0.1) is 5.02 Å². The first kappa shape index (κ1) is 9.74. The molecule has 0 saturated carbocycles. The summed E-state index contributed by atoms with van der Waals surface area (Å²) in [5.74, 6) is 0.222. The Kier molecular flexibility index (Phi) is 2.61. The van der Waals surface area contributed by atoms with Crippen molar-refractivity contribution in [3.8, 4) is 5.75 Å². The lowest BCUT2D eigenvalue weighted by atomic mass is 10.2. The first-order chi connectivity index (χ1) is 6.65. The monoisotopic (exact) mass is 215 g/mol. The minimum atomic E-state index is -0.340. The number of likely N-dealkylation sites (tertiary alicyclic amines) is 1. The number of rotatable bonds is 2. The summed E-state index contributed by atoms with van der Waals surface area (Å²) >= 11 is 5.81. The molecule has 0 spiro atoms. The molecule has 4 heteroatoms. The van der Waals surface area contributed by atoms with E-state index in [2.05, 4.69) is 4.90 Å². The zero-order chi connectivity index (χ0) is 10.1. The molecule has 0 N–H and O–H groups in total. The van der Waals surface area contributed by atoms with Crippen molar-refractivity contribution < 1.29 is 9.13 Å². The van der Waals surface area contributed by atoms with E-state index in [0.717, 1.165) is 13.1 Å². The van der Waals surface area contributed by atoms with Gasteiger partial charge < -0.3 is 4.74 Å². The highest BCUT2D eigenvalue weighted by atomic mass is 35.5. The third-order valence-electron chi connectivity index (χ3n) is 2.22. The lowest BCUT2D eigenvalue weighted by molar-refractivity contribution is 0.0388. The molecule has 1 fully saturated rings. The van der Waals surface area contributed by atoms with Gasteiger partial charge in [-0.25, -0.2) is 4.39 Å². The van der Waals surface area contributed by atoms with Crippen LogP contribution >= 0.6 is 11.6 Å². The number of benzene rings is 1. The highest BCUT2D eigenvalue weighted by molar-refractivity contribution is 6.32. The summed E-state index contributed by atoms with van der Waals surface area (Å²) in [6.45, 7) is 1.79. The zero-order valence-corrected chi connectivity index (χ0v) is 8.59. The fraction of sp³-hybridized carbons (Fsp3) is 0.400. The maximum Gasteiger partial charge on any atom is 0.138 e. The van der Waals surface area contributed by atoms with Gasteiger partial charge in [-0.05, 0) is 25.2 Å². The summed E-state index contributed by atoms with van der Waals surface area (Å²) in [6, 6.07) is 4.18. The summed E-state index contributed by atoms with van der Waals surface area (Å²) < 4.78 is 18.3. The van der Waals surface area contributed by atoms with Crippen molar-refractivity contribution in [1.29, 1.82) is 0 Å². The van der Waals surface area contributed by atoms with Crippen LogP contribution < -0.4 is 4.74 Å². The summed E-state index contributed by atoms with van der Waals surface area (Å²) in [5, 5.41) is 0.333. The number of halogens is 2. The van der Waals surface area contributed by atoms with Crippen LogP contribution in [-0.2, 0) is 0 Å². The number of likely N-dealkylation sites (N-methyl/N-ethyl adjacent to an activating group) is 1. The molecule has 0 atom stereocenters. The molecule has 0 radical (unpaired) electrons. The van der Waals surface area contributed by atoms with Crippen LogP contribution in [0.4, 0.5) is 4.39 Å². The Morgan fingerprint density at radius 2 is 2.21 bits per heavy atom. The molecule has 0 unspecified atom stereocenters. The summed E-state index contributed by atoms with van der Waals surface area (Å²) in [6.07, 6.45) is 0.183. The molecule has 1 aromatic carbocycles. The molecule has 0 amide bonds. The average Bonchev–Trinajstić information content (AvgIpc) is 2.06. The number of nitrogens with zero attached hydrogens (tertiary/aromatic N) is 1. The maximum atomic E-state index is 12.7. The second-order valence-corrected chi connectivity index (χ2v) is 3.94. The van der Waals surface area contributed by atoms with Crippen molar-refractivity contribution in [3.63, 3.8) is 0 Å². The standard InChI is InChI=1S/C10H11ClFNO/c1-13-5-8(6-13)14-10-3-2-7(12)4-9(10)11/h2-4,8H,5-6H2,1H3. The minimum absolute atomic E-state index is 0.183. The van der Waals surface area contributed by atoms with E-state index in [1.165, 1.54) is 12.1 Å². The van der Waals surface area contributed by atoms with E-state index >= 15 is 0 Å². The Hall–Kier alpha value is -0.800. The van der Waals surface area contributed by atoms with E-state index in [-0.39, 0.29) is 11.9 Å². The minimum Gasteiger partial charge on any atom is -0.486 e. The zero-order valence-electron chi connectivity index (χ0n) is 7.84. The Bertz CT molecular complexity index is 339. The molecule has 14 heavy (non-hydrogen) atoms. The van der Waals surface area contributed by atoms with E-state index in [0.29, 0.717) is 10.8 Å². The van der Waals surface area contributed by atoms with Crippen LogP contribution in [0.5, 0.6) is 5.75 Å². The Morgan fingerprint density at radius 3 is 2.79 bits per heavy atom. The number of hydrogen-bond acceptors (Lipinski definition) is 2. The molecule has 1 aliphatic rings. The Labute approximate surface area is 87.2 Å². The largest absolute Gasteiger partial charge is 0.486 e. The van der Waals surface area contributed by atoms with Crippen molar-refractivity contribution >= 4 is 11.6 Å². The molecular formula is C10H11ClFNO. The van der Waals surface area contributed by atoms with Gasteiger partial charge in [0.1, 0.15) is 17.7 Å². The molecule has 1 aliphatic heterocycles. The van der Waals surface area contributed by atoms with Gasteiger partial charge in [-0.1, -0.05) is 11.6 Å². The van der Waals surface area contributed by atoms with Crippen molar-refractivity contribution in [1.82, 2.24) is 4.90 Å². The van der Waals surface area contributed by atoms with Gasteiger partial charge in [-0.2, -0.15) is 0 Å². The van der Waals surface area contributed by atoms with Gasteiger partial charge in [-0.15, -0.1) is 0 Å². The predicted octanol–water partition coefficient (Wildman–Crippen LogP) is 2.17. The number of hydrogen-bond donors (Lipinski definition) is 0. The van der Waals surface area contributed by atoms with Crippen LogP contribution in [0.1, 0.15) is 0 Å². The fourth-order valence-electron chi connectivity index (χ4n) is 1.47. The van der Waals surface area contributed by atoms with Crippen LogP contribution in [0.15, 0.2) is 18.2 Å². The van der Waals surface area contributed by atoms with Crippen LogP contribution in [0, 0.1) is 5.82 Å². The van der Waals surface area contributed by atoms with Crippen molar-refractivity contribution in [2.24, 2.45) is 0 Å². The molecule has 76 valence electrons. The van der Waals surface area contributed by atoms with Crippen LogP contribution in [0.25, 0.3) is 0 Å². The fourth-order valence-corrected chi connectivity index (χ4v) is 1.68. The second kappa shape index (κ2) is 3.75. The second-order valence-electron chi connectivity index (χ2n) is 3.54. The maximum absolute atomic E-state index is 12.7. The quantitative estimate of drug-likeness (QED) is 0.750. The van der Waals surface area contributed by atoms with Gasteiger partial charge in [0.2, 0.25) is 0 Å². The first-order valence-electron chi connectivity index (χ1n) is 4.45. The molecule has 1 aromatic rings. The van der Waals surface area contributed by atoms with Crippen molar-refractivity contribution in [3.05, 3.63) is 29.0 Å². The third kappa shape index (κ3) is 1.99. The van der Waals surface area contributed by atoms with Gasteiger partial charge in [0.25, 0.3) is 0 Å². The van der Waals surface area contributed by atoms with E-state index in [1.807, 2.05) is 7.05 Å². The van der Waals surface area contributed by atoms with Crippen molar-refractivity contribution in [2.75, 3.05) is 20.1 Å². The van der Waals surface area contributed by atoms with Crippen LogP contribution in [-0.4, -0.2) is 31.1 Å². The lowest BCUT2D eigenvalue weighted by Gasteiger charge is -2.36. The lowest BCUT2D eigenvalue weighted by Crippen LogP contribution is -2.51. The van der Waals surface area contributed by atoms with Crippen molar-refractivity contribution in [2.45, 2.75) is 6.10 Å². The summed E-state index contributed by atoms with van der Waals surface area (Å²) in [5.41, 5.74) is 0. The van der Waals surface area contributed by atoms with Gasteiger partial charge in [0, 0.05) is 13.1 Å². The van der Waals surface area contributed by atoms with E-state index in [1.54, 1.807) is 6.07 Å². The SMILES string of the molecule is CN1CC(Oc2ccc(F)cc2Cl)C1. The smallest absolute Gasteiger partial charge is 0.138 e. The molecule has 0 aliphatic carbocycles. The Morgan fingerprint density at radius 1 is 1.50 bits per heavy atom. The van der Waals surface area contributed by atoms with Crippen LogP contribution in [0.2, 0.25) is 5.02 Å². The molecule has 1 saturated heterocycles. The van der Waals surface area contributed by atoms with Gasteiger partial charge in [0.15, 0.2) is 0 Å². The van der Waals surface area contributed by atoms with E-state index in [9.17, 15) is 4.39 Å². The van der Waals surface area contributed by atoms with E-state index < -0.39 is 0 Å². The molecular weight excluding hydrogens is 205 g/mol.